The Balaban J connectivity index is 1.49. The molecule has 0 bridgehead atoms. The van der Waals surface area contributed by atoms with E-state index in [9.17, 15) is 0 Å². The van der Waals surface area contributed by atoms with Gasteiger partial charge < -0.3 is 20.9 Å². The van der Waals surface area contributed by atoms with Gasteiger partial charge in [0.15, 0.2) is 0 Å². The second kappa shape index (κ2) is 15.6. The maximum absolute atomic E-state index is 5.41. The average molecular weight is 696 g/mol. The van der Waals surface area contributed by atoms with Gasteiger partial charge in [0.05, 0.1) is 0 Å². The highest BCUT2D eigenvalue weighted by molar-refractivity contribution is 5.32. The van der Waals surface area contributed by atoms with Gasteiger partial charge in [0.1, 0.15) is 11.6 Å². The Morgan fingerprint density at radius 3 is 1.48 bits per heavy atom. The molecule has 0 aromatic carbocycles. The Bertz CT molecular complexity index is 1200. The lowest BCUT2D eigenvalue weighted by molar-refractivity contribution is 0.0864. The molecule has 3 aliphatic rings. The Morgan fingerprint density at radius 2 is 1.02 bits per heavy atom. The fourth-order valence-electron chi connectivity index (χ4n) is 11.5. The average Bonchev–Trinajstić information content (AvgIpc) is 2.93. The third-order valence-corrected chi connectivity index (χ3v) is 12.4. The zero-order chi connectivity index (χ0) is 37.3. The highest BCUT2D eigenvalue weighted by atomic mass is 15.3. The van der Waals surface area contributed by atoms with Crippen molar-refractivity contribution in [1.82, 2.24) is 30.9 Å². The molecule has 0 spiro atoms. The van der Waals surface area contributed by atoms with E-state index >= 15 is 0 Å². The molecule has 3 fully saturated rings. The number of anilines is 1. The first-order valence-corrected chi connectivity index (χ1v) is 20.8. The maximum Gasteiger partial charge on any atom is 0.228 e. The molecular weight excluding hydrogens is 615 g/mol. The topological polar surface area (TPSA) is 78.0 Å². The van der Waals surface area contributed by atoms with Crippen molar-refractivity contribution in [3.63, 3.8) is 0 Å². The number of aromatic nitrogens is 3. The van der Waals surface area contributed by atoms with Crippen molar-refractivity contribution in [2.24, 2.45) is 17.8 Å². The molecule has 7 nitrogen and oxygen atoms in total. The molecule has 2 atom stereocenters. The van der Waals surface area contributed by atoms with Crippen molar-refractivity contribution in [1.29, 1.82) is 0 Å². The molecule has 4 heterocycles. The van der Waals surface area contributed by atoms with Crippen molar-refractivity contribution in [3.05, 3.63) is 11.6 Å². The summed E-state index contributed by atoms with van der Waals surface area (Å²) in [6, 6.07) is 0.380. The van der Waals surface area contributed by atoms with E-state index in [0.29, 0.717) is 17.9 Å². The number of hydrogen-bond acceptors (Lipinski definition) is 7. The summed E-state index contributed by atoms with van der Waals surface area (Å²) >= 11 is 0. The van der Waals surface area contributed by atoms with Gasteiger partial charge in [-0.15, -0.1) is 0 Å². The molecule has 3 saturated heterocycles. The van der Waals surface area contributed by atoms with Crippen LogP contribution in [0.25, 0.3) is 0 Å². The zero-order valence-corrected chi connectivity index (χ0v) is 35.6. The molecule has 3 N–H and O–H groups in total. The van der Waals surface area contributed by atoms with Crippen molar-refractivity contribution < 1.29 is 0 Å². The number of hydrogen-bond donors (Lipinski definition) is 3. The van der Waals surface area contributed by atoms with Crippen molar-refractivity contribution in [2.45, 2.75) is 232 Å². The first-order chi connectivity index (χ1) is 22.9. The van der Waals surface area contributed by atoms with Gasteiger partial charge in [-0.25, -0.2) is 4.98 Å². The van der Waals surface area contributed by atoms with Gasteiger partial charge in [-0.1, -0.05) is 52.4 Å². The van der Waals surface area contributed by atoms with Gasteiger partial charge in [-0.2, -0.15) is 9.97 Å². The predicted octanol–water partition coefficient (Wildman–Crippen LogP) is 9.74. The van der Waals surface area contributed by atoms with Crippen LogP contribution >= 0.6 is 0 Å². The molecule has 3 aliphatic heterocycles. The van der Waals surface area contributed by atoms with Crippen LogP contribution in [0.5, 0.6) is 0 Å². The quantitative estimate of drug-likeness (QED) is 0.167. The van der Waals surface area contributed by atoms with Crippen LogP contribution in [0, 0.1) is 17.8 Å². The first-order valence-electron chi connectivity index (χ1n) is 20.8. The number of nitrogens with zero attached hydrogens (tertiary/aromatic N) is 4. The molecule has 288 valence electrons. The van der Waals surface area contributed by atoms with E-state index in [1.54, 1.807) is 0 Å². The fraction of sp³-hybridized carbons (Fsp3) is 0.930. The van der Waals surface area contributed by atoms with Gasteiger partial charge in [0.25, 0.3) is 0 Å². The van der Waals surface area contributed by atoms with E-state index in [4.69, 9.17) is 15.0 Å². The lowest BCUT2D eigenvalue weighted by atomic mass is 9.69. The van der Waals surface area contributed by atoms with Gasteiger partial charge in [-0.05, 0) is 146 Å². The van der Waals surface area contributed by atoms with E-state index in [2.05, 4.69) is 125 Å². The standard InChI is InChI=1S/C43H81N7/c1-16-30(31-24-38(3,4)47-39(5,6)25-31)22-20-18-19-21-23-34(32-26-40(7,8)48-41(9,10)27-32)36-44-35(17-2)45-37(46-36)50(15)33-28-42(11,12)49-43(13,14)29-33/h30-34,47-49H,16-29H2,1-15H3. The molecule has 1 aromatic heterocycles. The first kappa shape index (κ1) is 41.4. The monoisotopic (exact) mass is 696 g/mol. The second-order valence-electron chi connectivity index (χ2n) is 21.2. The minimum Gasteiger partial charge on any atom is -0.341 e. The molecule has 2 unspecified atom stereocenters. The summed E-state index contributed by atoms with van der Waals surface area (Å²) in [5.74, 6) is 5.42. The maximum atomic E-state index is 5.41. The second-order valence-corrected chi connectivity index (χ2v) is 21.2. The van der Waals surface area contributed by atoms with Crippen LogP contribution in [0.4, 0.5) is 5.95 Å². The van der Waals surface area contributed by atoms with Crippen LogP contribution in [0.3, 0.4) is 0 Å². The molecule has 1 aromatic rings. The summed E-state index contributed by atoms with van der Waals surface area (Å²) in [7, 11) is 2.22. The largest absolute Gasteiger partial charge is 0.341 e. The minimum atomic E-state index is 0.0663. The lowest BCUT2D eigenvalue weighted by Crippen LogP contribution is -2.62. The van der Waals surface area contributed by atoms with Crippen LogP contribution in [-0.2, 0) is 6.42 Å². The fourth-order valence-corrected chi connectivity index (χ4v) is 11.5. The number of nitrogens with one attached hydrogen (secondary N) is 3. The summed E-state index contributed by atoms with van der Waals surface area (Å²) < 4.78 is 0. The Labute approximate surface area is 309 Å². The highest BCUT2D eigenvalue weighted by Gasteiger charge is 2.44. The summed E-state index contributed by atoms with van der Waals surface area (Å²) in [6.45, 7) is 33.1. The van der Waals surface area contributed by atoms with Crippen LogP contribution < -0.4 is 20.9 Å². The summed E-state index contributed by atoms with van der Waals surface area (Å²) in [4.78, 5) is 18.1. The Morgan fingerprint density at radius 1 is 0.580 bits per heavy atom. The molecule has 7 heteroatoms. The van der Waals surface area contributed by atoms with Crippen molar-refractivity contribution in [2.75, 3.05) is 11.9 Å². The molecule has 4 rings (SSSR count). The SMILES string of the molecule is CCc1nc(C(CCCCCCC(CC)C2CC(C)(C)NC(C)(C)C2)C2CC(C)(C)NC(C)(C)C2)nc(N(C)C2CC(C)(C)NC(C)(C)C2)n1. The third-order valence-electron chi connectivity index (χ3n) is 12.4. The van der Waals surface area contributed by atoms with Crippen LogP contribution in [0.1, 0.15) is 198 Å². The predicted molar refractivity (Wildman–Crippen MR) is 214 cm³/mol. The van der Waals surface area contributed by atoms with Crippen LogP contribution in [0.15, 0.2) is 0 Å². The molecule has 0 saturated carbocycles. The van der Waals surface area contributed by atoms with Gasteiger partial charge >= 0.3 is 0 Å². The normalized spacial score (nSPS) is 26.0. The summed E-state index contributed by atoms with van der Waals surface area (Å²) in [6.07, 6.45) is 16.9. The highest BCUT2D eigenvalue weighted by Crippen LogP contribution is 2.44. The third kappa shape index (κ3) is 11.6. The van der Waals surface area contributed by atoms with E-state index < -0.39 is 0 Å². The number of unbranched alkanes of at least 4 members (excludes halogenated alkanes) is 3. The molecule has 0 aliphatic carbocycles. The molecule has 50 heavy (non-hydrogen) atoms. The molecule has 0 amide bonds. The van der Waals surface area contributed by atoms with Gasteiger partial charge in [0.2, 0.25) is 5.95 Å². The van der Waals surface area contributed by atoms with Gasteiger partial charge in [0, 0.05) is 58.7 Å². The molecule has 0 radical (unpaired) electrons. The number of aryl methyl sites for hydroxylation is 1. The van der Waals surface area contributed by atoms with Crippen molar-refractivity contribution in [3.8, 4) is 0 Å². The van der Waals surface area contributed by atoms with Crippen molar-refractivity contribution >= 4 is 5.95 Å². The van der Waals surface area contributed by atoms with E-state index in [1.165, 1.54) is 51.4 Å². The van der Waals surface area contributed by atoms with Gasteiger partial charge in [-0.3, -0.25) is 0 Å². The van der Waals surface area contributed by atoms with E-state index in [-0.39, 0.29) is 33.2 Å². The van der Waals surface area contributed by atoms with Crippen LogP contribution in [-0.4, -0.2) is 61.3 Å². The van der Waals surface area contributed by atoms with E-state index in [1.807, 2.05) is 0 Å². The smallest absolute Gasteiger partial charge is 0.228 e. The summed E-state index contributed by atoms with van der Waals surface area (Å²) in [5, 5.41) is 11.7. The molecular formula is C43H81N7. The Hall–Kier alpha value is -1.31. The van der Waals surface area contributed by atoms with Crippen LogP contribution in [0.2, 0.25) is 0 Å². The minimum absolute atomic E-state index is 0.0663. The summed E-state index contributed by atoms with van der Waals surface area (Å²) in [5.41, 5.74) is 0.769. The Kier molecular flexibility index (Phi) is 12.9. The number of rotatable bonds is 14. The van der Waals surface area contributed by atoms with E-state index in [0.717, 1.165) is 68.0 Å². The number of piperidine rings is 3. The lowest BCUT2D eigenvalue weighted by Gasteiger charge is -2.49. The zero-order valence-electron chi connectivity index (χ0n) is 35.6.